The smallest absolute Gasteiger partial charge is 0.0562 e. The Morgan fingerprint density at radius 2 is 1.19 bits per heavy atom. The Kier molecular flexibility index (Phi) is 3.58. The van der Waals surface area contributed by atoms with Crippen LogP contribution in [0.4, 0.5) is 0 Å². The van der Waals surface area contributed by atoms with Crippen LogP contribution < -0.4 is 0 Å². The zero-order valence-electron chi connectivity index (χ0n) is 17.4. The summed E-state index contributed by atoms with van der Waals surface area (Å²) in [7, 11) is 0. The minimum absolute atomic E-state index is 1.18. The van der Waals surface area contributed by atoms with Gasteiger partial charge < -0.3 is 9.13 Å². The van der Waals surface area contributed by atoms with E-state index in [1.807, 2.05) is 0 Å². The van der Waals surface area contributed by atoms with Crippen molar-refractivity contribution in [1.82, 2.24) is 9.13 Å². The first-order chi connectivity index (χ1) is 15.9. The third-order valence-corrected chi connectivity index (χ3v) is 6.53. The van der Waals surface area contributed by atoms with Gasteiger partial charge >= 0.3 is 0 Å². The van der Waals surface area contributed by atoms with E-state index < -0.39 is 0 Å². The molecule has 0 aliphatic carbocycles. The van der Waals surface area contributed by atoms with Gasteiger partial charge in [0.2, 0.25) is 0 Å². The van der Waals surface area contributed by atoms with Gasteiger partial charge in [-0.25, -0.2) is 0 Å². The van der Waals surface area contributed by atoms with Gasteiger partial charge in [-0.1, -0.05) is 72.8 Å². The van der Waals surface area contributed by atoms with Crippen molar-refractivity contribution in [3.05, 3.63) is 121 Å². The predicted octanol–water partition coefficient (Wildman–Crippen LogP) is 7.88. The Bertz CT molecular complexity index is 1760. The van der Waals surface area contributed by atoms with E-state index in [1.54, 1.807) is 0 Å². The zero-order valence-corrected chi connectivity index (χ0v) is 17.4. The van der Waals surface area contributed by atoms with Gasteiger partial charge in [-0.05, 0) is 47.9 Å². The van der Waals surface area contributed by atoms with Gasteiger partial charge in [-0.3, -0.25) is 0 Å². The molecule has 32 heavy (non-hydrogen) atoms. The second-order valence-corrected chi connectivity index (χ2v) is 8.30. The molecule has 2 nitrogen and oxygen atoms in total. The van der Waals surface area contributed by atoms with Gasteiger partial charge in [0.15, 0.2) is 0 Å². The van der Waals surface area contributed by atoms with Crippen LogP contribution in [0.5, 0.6) is 0 Å². The van der Waals surface area contributed by atoms with E-state index in [1.165, 1.54) is 54.9 Å². The normalized spacial score (nSPS) is 11.8. The molecule has 0 fully saturated rings. The molecular formula is C30H20N2. The molecule has 2 aromatic heterocycles. The number of aromatic nitrogens is 2. The summed E-state index contributed by atoms with van der Waals surface area (Å²) in [5.74, 6) is 0. The molecule has 150 valence electrons. The first kappa shape index (κ1) is 17.4. The molecule has 5 aromatic carbocycles. The fourth-order valence-corrected chi connectivity index (χ4v) is 5.07. The molecule has 0 radical (unpaired) electrons. The Labute approximate surface area is 185 Å². The summed E-state index contributed by atoms with van der Waals surface area (Å²) in [6.07, 6.45) is 2.17. The van der Waals surface area contributed by atoms with Crippen LogP contribution in [0.3, 0.4) is 0 Å². The van der Waals surface area contributed by atoms with Crippen molar-refractivity contribution in [1.29, 1.82) is 0 Å². The molecule has 0 N–H and O–H groups in total. The first-order valence-corrected chi connectivity index (χ1v) is 11.0. The molecule has 0 amide bonds. The average Bonchev–Trinajstić information content (AvgIpc) is 3.41. The maximum atomic E-state index is 2.43. The van der Waals surface area contributed by atoms with E-state index in [2.05, 4.69) is 131 Å². The maximum absolute atomic E-state index is 2.43. The van der Waals surface area contributed by atoms with Crippen LogP contribution >= 0.6 is 0 Å². The lowest BCUT2D eigenvalue weighted by Crippen LogP contribution is -1.96. The maximum Gasteiger partial charge on any atom is 0.0562 e. The molecule has 0 atom stereocenters. The highest BCUT2D eigenvalue weighted by molar-refractivity contribution is 6.14. The molecule has 2 heterocycles. The fraction of sp³-hybridized carbons (Fsp3) is 0. The van der Waals surface area contributed by atoms with Crippen molar-refractivity contribution >= 4 is 43.5 Å². The number of rotatable bonds is 2. The third kappa shape index (κ3) is 2.41. The molecule has 2 heteroatoms. The van der Waals surface area contributed by atoms with Crippen LogP contribution in [0.2, 0.25) is 0 Å². The van der Waals surface area contributed by atoms with Gasteiger partial charge in [0.25, 0.3) is 0 Å². The fourth-order valence-electron chi connectivity index (χ4n) is 5.07. The summed E-state index contributed by atoms with van der Waals surface area (Å²) < 4.78 is 4.70. The molecule has 0 saturated carbocycles. The molecule has 7 rings (SSSR count). The van der Waals surface area contributed by atoms with Gasteiger partial charge in [0.05, 0.1) is 22.2 Å². The summed E-state index contributed by atoms with van der Waals surface area (Å²) in [6, 6.07) is 41.4. The summed E-state index contributed by atoms with van der Waals surface area (Å²) in [5, 5.41) is 6.33. The van der Waals surface area contributed by atoms with Crippen molar-refractivity contribution in [3.63, 3.8) is 0 Å². The molecular weight excluding hydrogens is 388 g/mol. The van der Waals surface area contributed by atoms with E-state index in [0.29, 0.717) is 0 Å². The summed E-state index contributed by atoms with van der Waals surface area (Å²) in [5.41, 5.74) is 6.07. The highest BCUT2D eigenvalue weighted by atomic mass is 15.0. The molecule has 0 saturated heterocycles. The Hall–Kier alpha value is -4.30. The molecule has 0 unspecified atom stereocenters. The molecule has 7 aromatic rings. The van der Waals surface area contributed by atoms with Crippen molar-refractivity contribution in [2.24, 2.45) is 0 Å². The van der Waals surface area contributed by atoms with Crippen LogP contribution in [0, 0.1) is 0 Å². The zero-order chi connectivity index (χ0) is 21.1. The number of hydrogen-bond donors (Lipinski definition) is 0. The minimum Gasteiger partial charge on any atom is -0.316 e. The standard InChI is InChI=1S/C30H20N2/c1-2-11-23(12-3-1)31-18-17-22-19-26-25-14-6-7-15-28(25)32(30(26)20-29(22)31)27-16-8-10-21-9-4-5-13-24(21)27/h1-20H. The van der Waals surface area contributed by atoms with Gasteiger partial charge in [0, 0.05) is 33.4 Å². The second-order valence-electron chi connectivity index (χ2n) is 8.30. The van der Waals surface area contributed by atoms with Crippen molar-refractivity contribution < 1.29 is 0 Å². The van der Waals surface area contributed by atoms with Gasteiger partial charge in [-0.15, -0.1) is 0 Å². The number of benzene rings is 5. The molecule has 0 spiro atoms. The summed E-state index contributed by atoms with van der Waals surface area (Å²) >= 11 is 0. The van der Waals surface area contributed by atoms with E-state index in [0.717, 1.165) is 0 Å². The average molecular weight is 409 g/mol. The minimum atomic E-state index is 1.18. The largest absolute Gasteiger partial charge is 0.316 e. The number of hydrogen-bond acceptors (Lipinski definition) is 0. The Balaban J connectivity index is 1.64. The molecule has 0 aliphatic heterocycles. The lowest BCUT2D eigenvalue weighted by atomic mass is 10.1. The second kappa shape index (κ2) is 6.60. The topological polar surface area (TPSA) is 9.86 Å². The van der Waals surface area contributed by atoms with E-state index in [9.17, 15) is 0 Å². The van der Waals surface area contributed by atoms with E-state index in [4.69, 9.17) is 0 Å². The first-order valence-electron chi connectivity index (χ1n) is 11.0. The van der Waals surface area contributed by atoms with Crippen molar-refractivity contribution in [2.75, 3.05) is 0 Å². The number of para-hydroxylation sites is 2. The van der Waals surface area contributed by atoms with Crippen molar-refractivity contribution in [2.45, 2.75) is 0 Å². The van der Waals surface area contributed by atoms with Crippen LogP contribution in [0.15, 0.2) is 121 Å². The van der Waals surface area contributed by atoms with Crippen LogP contribution in [0.1, 0.15) is 0 Å². The summed E-state index contributed by atoms with van der Waals surface area (Å²) in [6.45, 7) is 0. The van der Waals surface area contributed by atoms with Gasteiger partial charge in [-0.2, -0.15) is 0 Å². The van der Waals surface area contributed by atoms with Crippen LogP contribution in [-0.4, -0.2) is 9.13 Å². The molecule has 0 aliphatic rings. The number of nitrogens with zero attached hydrogens (tertiary/aromatic N) is 2. The van der Waals surface area contributed by atoms with Crippen LogP contribution in [-0.2, 0) is 0 Å². The SMILES string of the molecule is c1ccc(-n2ccc3cc4c5ccccc5n(-c5cccc6ccccc56)c4cc32)cc1. The van der Waals surface area contributed by atoms with E-state index in [-0.39, 0.29) is 0 Å². The quantitative estimate of drug-likeness (QED) is 0.275. The Morgan fingerprint density at radius 3 is 2.09 bits per heavy atom. The summed E-state index contributed by atoms with van der Waals surface area (Å²) in [4.78, 5) is 0. The van der Waals surface area contributed by atoms with E-state index >= 15 is 0 Å². The highest BCUT2D eigenvalue weighted by Gasteiger charge is 2.16. The lowest BCUT2D eigenvalue weighted by Gasteiger charge is -2.12. The van der Waals surface area contributed by atoms with Gasteiger partial charge in [0.1, 0.15) is 0 Å². The Morgan fingerprint density at radius 1 is 0.438 bits per heavy atom. The number of fused-ring (bicyclic) bond motifs is 5. The highest BCUT2D eigenvalue weighted by Crippen LogP contribution is 2.37. The van der Waals surface area contributed by atoms with Crippen LogP contribution in [0.25, 0.3) is 54.9 Å². The van der Waals surface area contributed by atoms with Crippen molar-refractivity contribution in [3.8, 4) is 11.4 Å². The predicted molar refractivity (Wildman–Crippen MR) is 135 cm³/mol. The monoisotopic (exact) mass is 408 g/mol. The third-order valence-electron chi connectivity index (χ3n) is 6.53. The lowest BCUT2D eigenvalue weighted by molar-refractivity contribution is 1.13. The molecule has 0 bridgehead atoms.